The van der Waals surface area contributed by atoms with E-state index in [0.717, 1.165) is 32.1 Å². The molecule has 3 heterocycles. The maximum absolute atomic E-state index is 12.4. The zero-order chi connectivity index (χ0) is 12.5. The largest absolute Gasteiger partial charge is 0.341 e. The third-order valence-electron chi connectivity index (χ3n) is 5.08. The van der Waals surface area contributed by atoms with E-state index in [-0.39, 0.29) is 12.4 Å². The molecular weight excluding hydrogens is 262 g/mol. The van der Waals surface area contributed by atoms with Crippen LogP contribution < -0.4 is 5.32 Å². The molecule has 3 aliphatic heterocycles. The van der Waals surface area contributed by atoms with E-state index in [1.807, 2.05) is 0 Å². The molecular formula is C14H26ClN3O. The van der Waals surface area contributed by atoms with Crippen LogP contribution >= 0.6 is 12.4 Å². The van der Waals surface area contributed by atoms with Gasteiger partial charge < -0.3 is 10.2 Å². The topological polar surface area (TPSA) is 35.6 Å². The predicted octanol–water partition coefficient (Wildman–Crippen LogP) is 1.25. The third kappa shape index (κ3) is 3.23. The Morgan fingerprint density at radius 3 is 2.74 bits per heavy atom. The van der Waals surface area contributed by atoms with Gasteiger partial charge in [0.1, 0.15) is 0 Å². The van der Waals surface area contributed by atoms with Crippen molar-refractivity contribution in [1.29, 1.82) is 0 Å². The number of halogens is 1. The number of likely N-dealkylation sites (tertiary alicyclic amines) is 1. The van der Waals surface area contributed by atoms with Crippen LogP contribution in [0.4, 0.5) is 0 Å². The van der Waals surface area contributed by atoms with Crippen LogP contribution in [-0.2, 0) is 4.79 Å². The van der Waals surface area contributed by atoms with E-state index in [1.165, 1.54) is 25.7 Å². The molecule has 2 bridgehead atoms. The summed E-state index contributed by atoms with van der Waals surface area (Å²) in [6, 6.07) is 1.77. The van der Waals surface area contributed by atoms with Gasteiger partial charge in [0.05, 0.1) is 0 Å². The van der Waals surface area contributed by atoms with Gasteiger partial charge in [0, 0.05) is 37.6 Å². The molecule has 0 aromatic carbocycles. The summed E-state index contributed by atoms with van der Waals surface area (Å²) in [5.41, 5.74) is 0. The van der Waals surface area contributed by atoms with Gasteiger partial charge in [0.15, 0.2) is 0 Å². The van der Waals surface area contributed by atoms with Crippen molar-refractivity contribution >= 4 is 18.3 Å². The first-order valence-electron chi connectivity index (χ1n) is 7.47. The summed E-state index contributed by atoms with van der Waals surface area (Å²) in [6.45, 7) is 3.01. The summed E-state index contributed by atoms with van der Waals surface area (Å²) in [4.78, 5) is 17.0. The summed E-state index contributed by atoms with van der Waals surface area (Å²) in [7, 11) is 2.23. The first-order valence-corrected chi connectivity index (χ1v) is 7.47. The van der Waals surface area contributed by atoms with E-state index in [2.05, 4.69) is 22.2 Å². The molecule has 0 saturated carbocycles. The highest BCUT2D eigenvalue weighted by molar-refractivity contribution is 5.85. The van der Waals surface area contributed by atoms with Crippen LogP contribution in [0.5, 0.6) is 0 Å². The molecule has 3 aliphatic rings. The van der Waals surface area contributed by atoms with Crippen LogP contribution in [0.15, 0.2) is 0 Å². The third-order valence-corrected chi connectivity index (χ3v) is 5.08. The number of carbonyl (C=O) groups excluding carboxylic acids is 1. The lowest BCUT2D eigenvalue weighted by Gasteiger charge is -2.26. The first-order chi connectivity index (χ1) is 8.74. The van der Waals surface area contributed by atoms with Gasteiger partial charge in [-0.1, -0.05) is 0 Å². The molecule has 5 heteroatoms. The second kappa shape index (κ2) is 6.42. The fourth-order valence-electron chi connectivity index (χ4n) is 3.81. The highest BCUT2D eigenvalue weighted by Gasteiger charge is 2.36. The summed E-state index contributed by atoms with van der Waals surface area (Å²) >= 11 is 0. The highest BCUT2D eigenvalue weighted by Crippen LogP contribution is 2.28. The van der Waals surface area contributed by atoms with E-state index in [1.54, 1.807) is 0 Å². The quantitative estimate of drug-likeness (QED) is 0.830. The molecule has 3 saturated heterocycles. The Hall–Kier alpha value is -0.320. The zero-order valence-corrected chi connectivity index (χ0v) is 12.6. The van der Waals surface area contributed by atoms with Crippen LogP contribution in [-0.4, -0.2) is 60.5 Å². The molecule has 3 unspecified atom stereocenters. The fourth-order valence-corrected chi connectivity index (χ4v) is 3.81. The van der Waals surface area contributed by atoms with Crippen molar-refractivity contribution in [2.24, 2.45) is 0 Å². The van der Waals surface area contributed by atoms with E-state index in [0.29, 0.717) is 24.4 Å². The van der Waals surface area contributed by atoms with Crippen molar-refractivity contribution in [3.63, 3.8) is 0 Å². The smallest absolute Gasteiger partial charge is 0.224 e. The molecule has 1 N–H and O–H groups in total. The average Bonchev–Trinajstić information content (AvgIpc) is 2.89. The highest BCUT2D eigenvalue weighted by atomic mass is 35.5. The maximum atomic E-state index is 12.4. The first kappa shape index (κ1) is 15.1. The zero-order valence-electron chi connectivity index (χ0n) is 11.8. The fraction of sp³-hybridized carbons (Fsp3) is 0.929. The number of amides is 1. The number of hydrogen-bond donors (Lipinski definition) is 1. The van der Waals surface area contributed by atoms with E-state index < -0.39 is 0 Å². The van der Waals surface area contributed by atoms with Crippen LogP contribution in [0, 0.1) is 0 Å². The lowest BCUT2D eigenvalue weighted by molar-refractivity contribution is -0.132. The summed E-state index contributed by atoms with van der Waals surface area (Å²) in [5, 5.41) is 3.43. The molecule has 0 aromatic rings. The van der Waals surface area contributed by atoms with E-state index >= 15 is 0 Å². The molecule has 3 atom stereocenters. The molecule has 19 heavy (non-hydrogen) atoms. The summed E-state index contributed by atoms with van der Waals surface area (Å²) in [5.74, 6) is 0.371. The van der Waals surface area contributed by atoms with Crippen molar-refractivity contribution in [3.8, 4) is 0 Å². The molecule has 4 nitrogen and oxygen atoms in total. The Morgan fingerprint density at radius 2 is 2.00 bits per heavy atom. The number of nitrogens with zero attached hydrogens (tertiary/aromatic N) is 2. The standard InChI is InChI=1S/C14H25N3O.ClH/c1-16-12-4-5-13(16)10-17(8-6-12)14(18)9-11-3-2-7-15-11;/h11-13,15H,2-10H2,1H3;1H. The van der Waals surface area contributed by atoms with Crippen LogP contribution in [0.2, 0.25) is 0 Å². The van der Waals surface area contributed by atoms with Gasteiger partial charge in [-0.2, -0.15) is 0 Å². The molecule has 0 aliphatic carbocycles. The van der Waals surface area contributed by atoms with Crippen molar-refractivity contribution in [3.05, 3.63) is 0 Å². The predicted molar refractivity (Wildman–Crippen MR) is 78.7 cm³/mol. The van der Waals surface area contributed by atoms with Gasteiger partial charge in [0.25, 0.3) is 0 Å². The van der Waals surface area contributed by atoms with Gasteiger partial charge in [-0.25, -0.2) is 0 Å². The van der Waals surface area contributed by atoms with E-state index in [4.69, 9.17) is 0 Å². The minimum absolute atomic E-state index is 0. The Labute approximate surface area is 122 Å². The normalized spacial score (nSPS) is 35.0. The van der Waals surface area contributed by atoms with Crippen molar-refractivity contribution < 1.29 is 4.79 Å². The monoisotopic (exact) mass is 287 g/mol. The van der Waals surface area contributed by atoms with Crippen LogP contribution in [0.3, 0.4) is 0 Å². The lowest BCUT2D eigenvalue weighted by Crippen LogP contribution is -2.41. The van der Waals surface area contributed by atoms with E-state index in [9.17, 15) is 4.79 Å². The Bertz CT molecular complexity index is 320. The van der Waals surface area contributed by atoms with Gasteiger partial charge in [-0.3, -0.25) is 9.69 Å². The second-order valence-electron chi connectivity index (χ2n) is 6.18. The SMILES string of the molecule is CN1C2CCC1CN(C(=O)CC1CCCN1)CC2.Cl. The lowest BCUT2D eigenvalue weighted by atomic mass is 10.1. The Kier molecular flexibility index (Phi) is 5.09. The molecule has 3 rings (SSSR count). The number of carbonyl (C=O) groups is 1. The average molecular weight is 288 g/mol. The summed E-state index contributed by atoms with van der Waals surface area (Å²) in [6.07, 6.45) is 6.87. The number of likely N-dealkylation sites (N-methyl/N-ethyl adjacent to an activating group) is 1. The Morgan fingerprint density at radius 1 is 1.21 bits per heavy atom. The van der Waals surface area contributed by atoms with Crippen LogP contribution in [0.1, 0.15) is 38.5 Å². The van der Waals surface area contributed by atoms with Gasteiger partial charge >= 0.3 is 0 Å². The number of nitrogens with one attached hydrogen (secondary N) is 1. The van der Waals surface area contributed by atoms with Crippen LogP contribution in [0.25, 0.3) is 0 Å². The number of rotatable bonds is 2. The van der Waals surface area contributed by atoms with Gasteiger partial charge in [-0.15, -0.1) is 12.4 Å². The molecule has 0 spiro atoms. The van der Waals surface area contributed by atoms with Crippen molar-refractivity contribution in [2.75, 3.05) is 26.7 Å². The molecule has 110 valence electrons. The maximum Gasteiger partial charge on any atom is 0.224 e. The Balaban J connectivity index is 0.00000133. The molecule has 0 radical (unpaired) electrons. The van der Waals surface area contributed by atoms with Gasteiger partial charge in [-0.05, 0) is 45.7 Å². The molecule has 3 fully saturated rings. The second-order valence-corrected chi connectivity index (χ2v) is 6.18. The van der Waals surface area contributed by atoms with Crippen molar-refractivity contribution in [2.45, 2.75) is 56.7 Å². The van der Waals surface area contributed by atoms with Crippen molar-refractivity contribution in [1.82, 2.24) is 15.1 Å². The molecule has 1 amide bonds. The number of fused-ring (bicyclic) bond motifs is 2. The minimum Gasteiger partial charge on any atom is -0.341 e. The van der Waals surface area contributed by atoms with Gasteiger partial charge in [0.2, 0.25) is 5.91 Å². The minimum atomic E-state index is 0. The summed E-state index contributed by atoms with van der Waals surface area (Å²) < 4.78 is 0. The number of hydrogen-bond acceptors (Lipinski definition) is 3. The molecule has 0 aromatic heterocycles.